The van der Waals surface area contributed by atoms with Crippen LogP contribution in [0.4, 0.5) is 8.78 Å². The van der Waals surface area contributed by atoms with Crippen molar-refractivity contribution >= 4 is 15.5 Å². The first-order chi connectivity index (χ1) is 2.27. The van der Waals surface area contributed by atoms with Gasteiger partial charge in [0.25, 0.3) is 6.43 Å². The summed E-state index contributed by atoms with van der Waals surface area (Å²) >= 11 is 0. The van der Waals surface area contributed by atoms with Crippen molar-refractivity contribution in [2.45, 2.75) is 6.43 Å². The van der Waals surface area contributed by atoms with Crippen LogP contribution in [-0.2, 0) is 0 Å². The summed E-state index contributed by atoms with van der Waals surface area (Å²) < 4.78 is 21.4. The Balaban J connectivity index is 2.83. The number of alkyl halides is 2. The van der Waals surface area contributed by atoms with Crippen LogP contribution in [0, 0.1) is 0 Å². The normalized spacial score (nSPS) is 8.60. The molecule has 0 unspecified atom stereocenters. The van der Waals surface area contributed by atoms with Crippen molar-refractivity contribution in [1.82, 2.24) is 0 Å². The van der Waals surface area contributed by atoms with E-state index in [0.29, 0.717) is 0 Å². The fraction of sp³-hybridized carbons (Fsp3) is 0.500. The van der Waals surface area contributed by atoms with Crippen LogP contribution < -0.4 is 0 Å². The van der Waals surface area contributed by atoms with Crippen molar-refractivity contribution in [3.63, 3.8) is 0 Å². The van der Waals surface area contributed by atoms with E-state index in [-0.39, 0.29) is 0 Å². The Bertz CT molecular complexity index is 34.6. The first-order valence-corrected chi connectivity index (χ1v) is 1.99. The molecule has 0 aliphatic carbocycles. The number of hydrogen-bond acceptors (Lipinski definition) is 0. The number of halogens is 2. The molecule has 0 spiro atoms. The van der Waals surface area contributed by atoms with Crippen LogP contribution in [0.3, 0.4) is 0 Å². The Morgan fingerprint density at radius 3 is 1.80 bits per heavy atom. The summed E-state index contributed by atoms with van der Waals surface area (Å²) in [5.74, 6) is 0. The quantitative estimate of drug-likeness (QED) is 0.391. The van der Waals surface area contributed by atoms with Gasteiger partial charge in [-0.05, 0) is 15.5 Å². The van der Waals surface area contributed by atoms with Gasteiger partial charge in [0.2, 0.25) is 0 Å². The summed E-state index contributed by atoms with van der Waals surface area (Å²) in [6.45, 7) is 0. The first kappa shape index (κ1) is 4.95. The van der Waals surface area contributed by atoms with E-state index < -0.39 is 6.43 Å². The second-order valence-corrected chi connectivity index (χ2v) is 1.04. The van der Waals surface area contributed by atoms with Gasteiger partial charge in [-0.1, -0.05) is 0 Å². The largest absolute Gasteiger partial charge is 0.252 e. The van der Waals surface area contributed by atoms with Gasteiger partial charge < -0.3 is 0 Å². The fourth-order valence-electron chi connectivity index (χ4n) is 0. The van der Waals surface area contributed by atoms with E-state index in [9.17, 15) is 8.78 Å². The lowest BCUT2D eigenvalue weighted by atomic mass is 10.9. The Morgan fingerprint density at radius 1 is 1.60 bits per heavy atom. The van der Waals surface area contributed by atoms with Crippen molar-refractivity contribution in [3.8, 4) is 0 Å². The molecule has 0 heterocycles. The van der Waals surface area contributed by atoms with E-state index in [1.807, 2.05) is 0 Å². The van der Waals surface area contributed by atoms with Crippen molar-refractivity contribution < 1.29 is 8.78 Å². The Kier molecular flexibility index (Phi) is 2.18. The Hall–Kier alpha value is -0.0531. The highest BCUT2D eigenvalue weighted by molar-refractivity contribution is 6.28. The molecule has 0 atom stereocenters. The van der Waals surface area contributed by atoms with E-state index >= 15 is 0 Å². The Morgan fingerprint density at radius 2 is 1.80 bits per heavy atom. The predicted octanol–water partition coefficient (Wildman–Crippen LogP) is -0.313. The van der Waals surface area contributed by atoms with Crippen molar-refractivity contribution in [3.05, 3.63) is 0 Å². The summed E-state index contributed by atoms with van der Waals surface area (Å²) in [6.07, 6.45) is -2.23. The summed E-state index contributed by atoms with van der Waals surface area (Å²) in [5, 5.41) is 0. The molecular formula is C2H4F2Si. The average Bonchev–Trinajstić information content (AvgIpc) is 1.38. The molecule has 0 amide bonds. The van der Waals surface area contributed by atoms with Gasteiger partial charge >= 0.3 is 0 Å². The molecule has 3 heteroatoms. The van der Waals surface area contributed by atoms with Gasteiger partial charge in [-0.3, -0.25) is 0 Å². The van der Waals surface area contributed by atoms with Gasteiger partial charge in [0.15, 0.2) is 0 Å². The molecule has 0 aliphatic rings. The summed E-state index contributed by atoms with van der Waals surface area (Å²) in [7, 11) is 1.16. The predicted molar refractivity (Wildman–Crippen MR) is 20.6 cm³/mol. The van der Waals surface area contributed by atoms with Crippen LogP contribution in [-0.4, -0.2) is 22.0 Å². The highest BCUT2D eigenvalue weighted by Gasteiger charge is 1.85. The summed E-state index contributed by atoms with van der Waals surface area (Å²) in [5.41, 5.74) is 0.861. The van der Waals surface area contributed by atoms with Crippen LogP contribution in [0.25, 0.3) is 0 Å². The summed E-state index contributed by atoms with van der Waals surface area (Å²) in [6, 6.07) is 0. The monoisotopic (exact) mass is 94.0 g/mol. The zero-order valence-electron chi connectivity index (χ0n) is 2.62. The molecule has 0 radical (unpaired) electrons. The third-order valence-corrected chi connectivity index (χ3v) is 0.535. The van der Waals surface area contributed by atoms with Gasteiger partial charge in [-0.15, -0.1) is 0 Å². The molecule has 0 saturated heterocycles. The lowest BCUT2D eigenvalue weighted by Crippen LogP contribution is -1.87. The molecule has 5 heavy (non-hydrogen) atoms. The maximum Gasteiger partial charge on any atom is 0.252 e. The second-order valence-electron chi connectivity index (χ2n) is 0.570. The van der Waals surface area contributed by atoms with E-state index in [4.69, 9.17) is 0 Å². The molecule has 0 nitrogen and oxygen atoms in total. The van der Waals surface area contributed by atoms with Crippen molar-refractivity contribution in [2.24, 2.45) is 0 Å². The van der Waals surface area contributed by atoms with Gasteiger partial charge in [-0.25, -0.2) is 8.78 Å². The third kappa shape index (κ3) is 3.95. The van der Waals surface area contributed by atoms with E-state index in [2.05, 4.69) is 0 Å². The minimum absolute atomic E-state index is 0.861. The lowest BCUT2D eigenvalue weighted by Gasteiger charge is -1.75. The molecule has 0 rings (SSSR count). The van der Waals surface area contributed by atoms with Crippen LogP contribution >= 0.6 is 0 Å². The van der Waals surface area contributed by atoms with Crippen LogP contribution in [0.1, 0.15) is 0 Å². The van der Waals surface area contributed by atoms with Crippen LogP contribution in [0.2, 0.25) is 0 Å². The summed E-state index contributed by atoms with van der Waals surface area (Å²) in [4.78, 5) is 0. The zero-order valence-corrected chi connectivity index (χ0v) is 4.03. The van der Waals surface area contributed by atoms with Gasteiger partial charge in [0.05, 0.1) is 0 Å². The minimum atomic E-state index is -2.23. The molecular weight excluding hydrogens is 90.1 g/mol. The molecule has 30 valence electrons. The first-order valence-electron chi connectivity index (χ1n) is 1.18. The molecule has 0 aromatic carbocycles. The maximum atomic E-state index is 10.7. The molecule has 0 saturated carbocycles. The topological polar surface area (TPSA) is 0 Å². The SMILES string of the molecule is FC(F)C=[SiH2]. The molecule has 0 bridgehead atoms. The second kappa shape index (κ2) is 2.20. The zero-order chi connectivity index (χ0) is 4.28. The average molecular weight is 94.1 g/mol. The van der Waals surface area contributed by atoms with Gasteiger partial charge in [0, 0.05) is 0 Å². The van der Waals surface area contributed by atoms with E-state index in [0.717, 1.165) is 15.5 Å². The Labute approximate surface area is 31.8 Å². The van der Waals surface area contributed by atoms with Crippen molar-refractivity contribution in [2.75, 3.05) is 0 Å². The number of rotatable bonds is 1. The molecule has 0 aromatic heterocycles. The molecule has 0 aliphatic heterocycles. The van der Waals surface area contributed by atoms with Gasteiger partial charge in [-0.2, -0.15) is 0 Å². The standard InChI is InChI=1S/C2H4F2Si/c3-2(4)1-5/h1-2H,5H2. The van der Waals surface area contributed by atoms with Crippen LogP contribution in [0.15, 0.2) is 0 Å². The molecule has 0 aromatic rings. The van der Waals surface area contributed by atoms with E-state index in [1.54, 1.807) is 0 Å². The van der Waals surface area contributed by atoms with E-state index in [1.165, 1.54) is 0 Å². The number of hydrogen-bond donors (Lipinski definition) is 0. The molecule has 0 fully saturated rings. The smallest absolute Gasteiger partial charge is 0.206 e. The minimum Gasteiger partial charge on any atom is -0.206 e. The highest BCUT2D eigenvalue weighted by Crippen LogP contribution is 1.80. The van der Waals surface area contributed by atoms with Gasteiger partial charge in [0.1, 0.15) is 0 Å². The third-order valence-electron chi connectivity index (χ3n) is 0.178. The fourth-order valence-corrected chi connectivity index (χ4v) is 0. The maximum absolute atomic E-state index is 10.7. The lowest BCUT2D eigenvalue weighted by molar-refractivity contribution is 0.234. The van der Waals surface area contributed by atoms with Crippen molar-refractivity contribution in [1.29, 1.82) is 0 Å². The highest BCUT2D eigenvalue weighted by atomic mass is 28.1. The molecule has 0 N–H and O–H groups in total. The van der Waals surface area contributed by atoms with Crippen LogP contribution in [0.5, 0.6) is 0 Å².